The Bertz CT molecular complexity index is 1090. The number of aromatic nitrogens is 2. The van der Waals surface area contributed by atoms with Gasteiger partial charge in [0.25, 0.3) is 0 Å². The van der Waals surface area contributed by atoms with Crippen molar-refractivity contribution in [3.05, 3.63) is 46.4 Å². The number of nitrogens with one attached hydrogen (secondary N) is 4. The minimum atomic E-state index is 0. The lowest BCUT2D eigenvalue weighted by atomic mass is 10.3. The van der Waals surface area contributed by atoms with Gasteiger partial charge in [-0.15, -0.1) is 0 Å². The molecule has 0 atom stereocenters. The highest BCUT2D eigenvalue weighted by molar-refractivity contribution is 7.21. The van der Waals surface area contributed by atoms with Crippen molar-refractivity contribution in [2.75, 3.05) is 65.0 Å². The van der Waals surface area contributed by atoms with Gasteiger partial charge in [-0.1, -0.05) is 23.2 Å². The first-order chi connectivity index (χ1) is 16.3. The quantitative estimate of drug-likeness (QED) is 0.237. The predicted octanol–water partition coefficient (Wildman–Crippen LogP) is -0.527. The van der Waals surface area contributed by atoms with E-state index in [2.05, 4.69) is 58.6 Å². The van der Waals surface area contributed by atoms with Crippen LogP contribution in [0.2, 0.25) is 10.0 Å². The Morgan fingerprint density at radius 2 is 1.08 bits per heavy atom. The predicted molar refractivity (Wildman–Crippen MR) is 150 cm³/mol. The lowest BCUT2D eigenvalue weighted by Crippen LogP contribution is -3.00. The molecule has 0 fully saturated rings. The molecule has 6 nitrogen and oxygen atoms in total. The molecule has 0 radical (unpaired) electrons. The Morgan fingerprint density at radius 1 is 0.694 bits per heavy atom. The van der Waals surface area contributed by atoms with Gasteiger partial charge < -0.3 is 34.6 Å². The van der Waals surface area contributed by atoms with E-state index in [9.17, 15) is 0 Å². The fourth-order valence-corrected chi connectivity index (χ4v) is 5.41. The van der Waals surface area contributed by atoms with E-state index in [0.717, 1.165) is 70.4 Å². The van der Waals surface area contributed by atoms with Gasteiger partial charge in [0.2, 0.25) is 0 Å². The van der Waals surface area contributed by atoms with Gasteiger partial charge in [0.15, 0.2) is 0 Å². The van der Waals surface area contributed by atoms with Gasteiger partial charge in [-0.2, -0.15) is 0 Å². The number of aromatic amines is 2. The second-order valence-electron chi connectivity index (χ2n) is 8.56. The average Bonchev–Trinajstić information content (AvgIpc) is 3.37. The van der Waals surface area contributed by atoms with Crippen LogP contribution in [0, 0.1) is 0 Å². The van der Waals surface area contributed by atoms with E-state index in [4.69, 9.17) is 23.2 Å². The second kappa shape index (κ2) is 16.7. The van der Waals surface area contributed by atoms with Crippen molar-refractivity contribution in [1.29, 1.82) is 0 Å². The largest absolute Gasteiger partial charge is 1.00 e. The Kier molecular flexibility index (Phi) is 15.3. The molecule has 0 aliphatic heterocycles. The van der Waals surface area contributed by atoms with Gasteiger partial charge in [-0.05, 0) is 88.0 Å². The summed E-state index contributed by atoms with van der Waals surface area (Å²) in [4.78, 5) is 11.0. The third kappa shape index (κ3) is 11.1. The van der Waals surface area contributed by atoms with Gasteiger partial charge >= 0.3 is 10.3 Å². The van der Waals surface area contributed by atoms with Crippen LogP contribution >= 0.6 is 45.9 Å². The molecule has 0 aliphatic carbocycles. The summed E-state index contributed by atoms with van der Waals surface area (Å²) >= 11 is 15.3. The van der Waals surface area contributed by atoms with Crippen LogP contribution in [0.25, 0.3) is 20.4 Å². The highest BCUT2D eigenvalue weighted by Crippen LogP contribution is 2.25. The minimum Gasteiger partial charge on any atom is -1.00 e. The van der Waals surface area contributed by atoms with Crippen LogP contribution in [-0.2, 0) is 0 Å². The molecule has 4 rings (SSSR count). The topological polar surface area (TPSA) is 58.8 Å². The summed E-state index contributed by atoms with van der Waals surface area (Å²) in [5.41, 5.74) is 2.19. The Labute approximate surface area is 244 Å². The summed E-state index contributed by atoms with van der Waals surface area (Å²) in [6.45, 7) is 4.16. The highest BCUT2D eigenvalue weighted by atomic mass is 35.5. The van der Waals surface area contributed by atoms with E-state index in [-0.39, 0.29) is 24.8 Å². The summed E-state index contributed by atoms with van der Waals surface area (Å²) in [6, 6.07) is 11.8. The third-order valence-corrected chi connectivity index (χ3v) is 7.46. The van der Waals surface area contributed by atoms with E-state index in [1.165, 1.54) is 9.40 Å². The van der Waals surface area contributed by atoms with Crippen molar-refractivity contribution in [1.82, 2.24) is 9.80 Å². The van der Waals surface area contributed by atoms with E-state index < -0.39 is 0 Å². The molecule has 0 saturated carbocycles. The Morgan fingerprint density at radius 3 is 1.44 bits per heavy atom. The maximum atomic E-state index is 5.95. The molecule has 0 bridgehead atoms. The monoisotopic (exact) mass is 610 g/mol. The molecule has 4 aromatic rings. The molecule has 12 heteroatoms. The number of nitrogens with zero attached hydrogens (tertiary/aromatic N) is 2. The van der Waals surface area contributed by atoms with E-state index in [1.807, 2.05) is 36.4 Å². The van der Waals surface area contributed by atoms with Crippen molar-refractivity contribution in [3.8, 4) is 0 Å². The van der Waals surface area contributed by atoms with Crippen molar-refractivity contribution < 1.29 is 34.8 Å². The molecule has 0 amide bonds. The first-order valence-corrected chi connectivity index (χ1v) is 13.7. The normalized spacial score (nSPS) is 10.7. The first kappa shape index (κ1) is 32.9. The van der Waals surface area contributed by atoms with E-state index in [0.29, 0.717) is 0 Å². The molecule has 4 N–H and O–H groups in total. The Balaban J connectivity index is 0.000000341. The zero-order valence-electron chi connectivity index (χ0n) is 20.9. The lowest BCUT2D eigenvalue weighted by Gasteiger charge is -2.06. The molecule has 0 saturated heterocycles. The fraction of sp³-hybridized carbons (Fsp3) is 0.417. The van der Waals surface area contributed by atoms with Gasteiger partial charge in [-0.3, -0.25) is 10.6 Å². The molecule has 0 spiro atoms. The van der Waals surface area contributed by atoms with Crippen LogP contribution in [0.15, 0.2) is 36.4 Å². The second-order valence-corrected chi connectivity index (χ2v) is 11.5. The van der Waals surface area contributed by atoms with Crippen LogP contribution in [0.3, 0.4) is 0 Å². The minimum absolute atomic E-state index is 0. The maximum absolute atomic E-state index is 5.95. The first-order valence-electron chi connectivity index (χ1n) is 11.3. The van der Waals surface area contributed by atoms with Gasteiger partial charge in [-0.25, -0.2) is 9.97 Å². The molecule has 2 aromatic heterocycles. The fourth-order valence-electron chi connectivity index (χ4n) is 3.25. The lowest BCUT2D eigenvalue weighted by molar-refractivity contribution is -0.322. The number of anilines is 2. The molecular weight excluding hydrogens is 578 g/mol. The summed E-state index contributed by atoms with van der Waals surface area (Å²) in [5.74, 6) is 0. The molecule has 0 aliphatic rings. The maximum Gasteiger partial charge on any atom is 0.332 e. The number of halogens is 4. The molecule has 0 unspecified atom stereocenters. The van der Waals surface area contributed by atoms with Crippen LogP contribution in [-0.4, -0.2) is 64.2 Å². The third-order valence-electron chi connectivity index (χ3n) is 4.94. The average molecular weight is 613 g/mol. The highest BCUT2D eigenvalue weighted by Gasteiger charge is 2.10. The molecule has 2 aromatic carbocycles. The van der Waals surface area contributed by atoms with E-state index in [1.54, 1.807) is 22.7 Å². The summed E-state index contributed by atoms with van der Waals surface area (Å²) in [7, 11) is 8.36. The van der Waals surface area contributed by atoms with Crippen LogP contribution in [0.4, 0.5) is 10.3 Å². The van der Waals surface area contributed by atoms with E-state index >= 15 is 0 Å². The standard InChI is InChI=1S/2C12H16ClN3S.2ClH/c2*1-16(2)7-3-6-14-12-15-10-8-9(13)4-5-11(10)17-12;;/h2*4-5,8H,3,6-7H2,1-2H3,(H,14,15);2*1H. The van der Waals surface area contributed by atoms with Gasteiger partial charge in [0, 0.05) is 35.3 Å². The van der Waals surface area contributed by atoms with Crippen LogP contribution < -0.4 is 45.4 Å². The number of fused-ring (bicyclic) bond motifs is 2. The van der Waals surface area contributed by atoms with Crippen molar-refractivity contribution >= 4 is 76.6 Å². The summed E-state index contributed by atoms with van der Waals surface area (Å²) in [5, 5.41) is 10.5. The van der Waals surface area contributed by atoms with Gasteiger partial charge in [0.05, 0.1) is 22.5 Å². The number of hydrogen-bond acceptors (Lipinski definition) is 6. The molecular formula is C24H34Cl4N6S2. The number of rotatable bonds is 10. The number of H-pyrrole nitrogens is 2. The molecule has 200 valence electrons. The molecule has 2 heterocycles. The smallest absolute Gasteiger partial charge is 0.332 e. The summed E-state index contributed by atoms with van der Waals surface area (Å²) in [6.07, 6.45) is 2.27. The summed E-state index contributed by atoms with van der Waals surface area (Å²) < 4.78 is 2.45. The number of benzene rings is 2. The number of hydrogen-bond donors (Lipinski definition) is 2. The van der Waals surface area contributed by atoms with Crippen molar-refractivity contribution in [3.63, 3.8) is 0 Å². The van der Waals surface area contributed by atoms with Gasteiger partial charge in [0.1, 0.15) is 11.0 Å². The van der Waals surface area contributed by atoms with Crippen LogP contribution in [0.5, 0.6) is 0 Å². The molecule has 36 heavy (non-hydrogen) atoms. The zero-order chi connectivity index (χ0) is 24.5. The van der Waals surface area contributed by atoms with Crippen LogP contribution in [0.1, 0.15) is 12.8 Å². The van der Waals surface area contributed by atoms with Crippen molar-refractivity contribution in [2.24, 2.45) is 0 Å². The number of thiazole rings is 2. The Hall–Kier alpha value is -1.10. The SMILES string of the molecule is CN(C)CCCNc1[nH+]c2cc(Cl)ccc2s1.CN(C)CCCNc1[nH+]c2cc(Cl)ccc2s1.[Cl-].[Cl-]. The van der Waals surface area contributed by atoms with Crippen molar-refractivity contribution in [2.45, 2.75) is 12.8 Å². The zero-order valence-corrected chi connectivity index (χ0v) is 25.6.